The van der Waals surface area contributed by atoms with Gasteiger partial charge in [-0.3, -0.25) is 4.72 Å². The summed E-state index contributed by atoms with van der Waals surface area (Å²) in [4.78, 5) is 6.35. The van der Waals surface area contributed by atoms with Gasteiger partial charge in [0.25, 0.3) is 10.0 Å². The molecule has 0 unspecified atom stereocenters. The van der Waals surface area contributed by atoms with Gasteiger partial charge < -0.3 is 4.90 Å². The number of sulfonamides is 1. The molecule has 0 aliphatic rings. The number of nitrogens with zero attached hydrogens (tertiary/aromatic N) is 2. The van der Waals surface area contributed by atoms with Crippen molar-refractivity contribution in [1.29, 1.82) is 0 Å². The van der Waals surface area contributed by atoms with E-state index in [0.717, 1.165) is 15.8 Å². The van der Waals surface area contributed by atoms with Crippen molar-refractivity contribution in [2.24, 2.45) is 0 Å². The molecule has 132 valence electrons. The Morgan fingerprint density at radius 3 is 2.72 bits per heavy atom. The summed E-state index contributed by atoms with van der Waals surface area (Å²) in [6, 6.07) is 10.7. The first-order valence-electron chi connectivity index (χ1n) is 7.58. The van der Waals surface area contributed by atoms with Crippen LogP contribution in [0.5, 0.6) is 0 Å². The van der Waals surface area contributed by atoms with Gasteiger partial charge in [-0.15, -0.1) is 11.3 Å². The molecule has 0 radical (unpaired) electrons. The highest BCUT2D eigenvalue weighted by Gasteiger charge is 2.22. The second-order valence-corrected chi connectivity index (χ2v) is 9.38. The number of halogens is 1. The van der Waals surface area contributed by atoms with E-state index in [-0.39, 0.29) is 4.21 Å². The highest BCUT2D eigenvalue weighted by Crippen LogP contribution is 2.36. The molecule has 0 spiro atoms. The Bertz CT molecular complexity index is 1030. The van der Waals surface area contributed by atoms with Crippen LogP contribution in [0.2, 0.25) is 5.02 Å². The van der Waals surface area contributed by atoms with Gasteiger partial charge >= 0.3 is 0 Å². The lowest BCUT2D eigenvalue weighted by molar-refractivity contribution is 0.397. The molecule has 0 atom stereocenters. The van der Waals surface area contributed by atoms with Crippen molar-refractivity contribution in [3.8, 4) is 0 Å². The number of nitrogens with one attached hydrogen (secondary N) is 1. The summed E-state index contributed by atoms with van der Waals surface area (Å²) < 4.78 is 29.4. The topological polar surface area (TPSA) is 62.3 Å². The van der Waals surface area contributed by atoms with Crippen LogP contribution in [-0.2, 0) is 16.6 Å². The number of hydrogen-bond donors (Lipinski definition) is 1. The SMILES string of the molecule is Cc1c(S(=O)(=O)Nc2cccc(CN(C)C)n2)sc2ccc(Cl)cc12. The van der Waals surface area contributed by atoms with E-state index in [4.69, 9.17) is 11.6 Å². The number of aromatic nitrogens is 1. The average Bonchev–Trinajstić information content (AvgIpc) is 2.84. The Morgan fingerprint density at radius 2 is 2.00 bits per heavy atom. The lowest BCUT2D eigenvalue weighted by atomic mass is 10.2. The highest BCUT2D eigenvalue weighted by atomic mass is 35.5. The second-order valence-electron chi connectivity index (χ2n) is 6.01. The fourth-order valence-electron chi connectivity index (χ4n) is 2.56. The predicted molar refractivity (Wildman–Crippen MR) is 104 cm³/mol. The number of aryl methyl sites for hydroxylation is 1. The van der Waals surface area contributed by atoms with Gasteiger partial charge in [-0.1, -0.05) is 17.7 Å². The molecule has 8 heteroatoms. The average molecular weight is 396 g/mol. The van der Waals surface area contributed by atoms with E-state index in [1.807, 2.05) is 31.1 Å². The van der Waals surface area contributed by atoms with E-state index < -0.39 is 10.0 Å². The number of rotatable bonds is 5. The van der Waals surface area contributed by atoms with Gasteiger partial charge in [0.05, 0.1) is 5.69 Å². The molecule has 0 saturated heterocycles. The van der Waals surface area contributed by atoms with Crippen LogP contribution in [0, 0.1) is 6.92 Å². The number of thiophene rings is 1. The van der Waals surface area contributed by atoms with E-state index >= 15 is 0 Å². The monoisotopic (exact) mass is 395 g/mol. The fraction of sp³-hybridized carbons (Fsp3) is 0.235. The van der Waals surface area contributed by atoms with Gasteiger partial charge in [-0.25, -0.2) is 13.4 Å². The molecule has 1 N–H and O–H groups in total. The minimum atomic E-state index is -3.71. The minimum Gasteiger partial charge on any atom is -0.304 e. The van der Waals surface area contributed by atoms with Crippen LogP contribution in [-0.4, -0.2) is 32.4 Å². The molecule has 0 fully saturated rings. The summed E-state index contributed by atoms with van der Waals surface area (Å²) in [5.41, 5.74) is 1.49. The number of hydrogen-bond acceptors (Lipinski definition) is 5. The van der Waals surface area contributed by atoms with Crippen LogP contribution in [0.3, 0.4) is 0 Å². The van der Waals surface area contributed by atoms with Gasteiger partial charge in [0.1, 0.15) is 10.0 Å². The number of anilines is 1. The third kappa shape index (κ3) is 3.95. The molecular weight excluding hydrogens is 378 g/mol. The quantitative estimate of drug-likeness (QED) is 0.705. The third-order valence-corrected chi connectivity index (χ3v) is 7.11. The summed E-state index contributed by atoms with van der Waals surface area (Å²) in [6.45, 7) is 2.43. The fourth-order valence-corrected chi connectivity index (χ4v) is 5.48. The Balaban J connectivity index is 1.96. The van der Waals surface area contributed by atoms with Crippen molar-refractivity contribution >= 4 is 48.9 Å². The van der Waals surface area contributed by atoms with Crippen LogP contribution in [0.4, 0.5) is 5.82 Å². The number of fused-ring (bicyclic) bond motifs is 1. The van der Waals surface area contributed by atoms with Crippen molar-refractivity contribution in [1.82, 2.24) is 9.88 Å². The molecule has 3 aromatic rings. The lowest BCUT2D eigenvalue weighted by Crippen LogP contribution is -2.16. The van der Waals surface area contributed by atoms with E-state index in [9.17, 15) is 8.42 Å². The lowest BCUT2D eigenvalue weighted by Gasteiger charge is -2.11. The second kappa shape index (κ2) is 6.92. The summed E-state index contributed by atoms with van der Waals surface area (Å²) in [7, 11) is 0.155. The van der Waals surface area contributed by atoms with Crippen LogP contribution in [0.15, 0.2) is 40.6 Å². The zero-order chi connectivity index (χ0) is 18.2. The predicted octanol–water partition coefficient (Wildman–Crippen LogP) is 4.12. The van der Waals surface area contributed by atoms with E-state index in [1.165, 1.54) is 11.3 Å². The van der Waals surface area contributed by atoms with Crippen LogP contribution in [0.25, 0.3) is 10.1 Å². The molecule has 2 aromatic heterocycles. The Kier molecular flexibility index (Phi) is 5.02. The summed E-state index contributed by atoms with van der Waals surface area (Å²) in [6.07, 6.45) is 0. The van der Waals surface area contributed by atoms with Crippen molar-refractivity contribution in [3.63, 3.8) is 0 Å². The van der Waals surface area contributed by atoms with Crippen molar-refractivity contribution in [3.05, 3.63) is 52.7 Å². The molecular formula is C17H18ClN3O2S2. The molecule has 3 rings (SSSR count). The zero-order valence-corrected chi connectivity index (χ0v) is 16.5. The molecule has 0 saturated carbocycles. The van der Waals surface area contributed by atoms with Crippen LogP contribution < -0.4 is 4.72 Å². The first-order chi connectivity index (χ1) is 11.8. The molecule has 0 bridgehead atoms. The normalized spacial score (nSPS) is 12.0. The minimum absolute atomic E-state index is 0.282. The molecule has 0 aliphatic carbocycles. The largest absolute Gasteiger partial charge is 0.304 e. The smallest absolute Gasteiger partial charge is 0.272 e. The Labute approximate surface area is 156 Å². The van der Waals surface area contributed by atoms with E-state index in [1.54, 1.807) is 31.2 Å². The van der Waals surface area contributed by atoms with Gasteiger partial charge in [0.2, 0.25) is 0 Å². The molecule has 1 aromatic carbocycles. The molecule has 5 nitrogen and oxygen atoms in total. The maximum Gasteiger partial charge on any atom is 0.272 e. The highest BCUT2D eigenvalue weighted by molar-refractivity contribution is 7.94. The molecule has 0 amide bonds. The summed E-state index contributed by atoms with van der Waals surface area (Å²) >= 11 is 7.26. The Hall–Kier alpha value is -1.67. The standard InChI is InChI=1S/C17H18ClN3O2S2/c1-11-14-9-12(18)7-8-15(14)24-17(11)25(22,23)20-16-6-4-5-13(19-16)10-21(2)3/h4-9H,10H2,1-3H3,(H,19,20). The Morgan fingerprint density at radius 1 is 1.24 bits per heavy atom. The molecule has 0 aliphatic heterocycles. The van der Waals surface area contributed by atoms with E-state index in [2.05, 4.69) is 9.71 Å². The van der Waals surface area contributed by atoms with Crippen molar-refractivity contribution < 1.29 is 8.42 Å². The van der Waals surface area contributed by atoms with Crippen molar-refractivity contribution in [2.75, 3.05) is 18.8 Å². The number of pyridine rings is 1. The van der Waals surface area contributed by atoms with Gasteiger partial charge in [-0.2, -0.15) is 0 Å². The van der Waals surface area contributed by atoms with Crippen LogP contribution >= 0.6 is 22.9 Å². The first kappa shape index (κ1) is 18.1. The third-order valence-electron chi connectivity index (χ3n) is 3.62. The molecule has 25 heavy (non-hydrogen) atoms. The summed E-state index contributed by atoms with van der Waals surface area (Å²) in [5.74, 6) is 0.314. The van der Waals surface area contributed by atoms with Crippen LogP contribution in [0.1, 0.15) is 11.3 Å². The maximum atomic E-state index is 12.8. The van der Waals surface area contributed by atoms with E-state index in [0.29, 0.717) is 22.9 Å². The van der Waals surface area contributed by atoms with Gasteiger partial charge in [0, 0.05) is 16.3 Å². The van der Waals surface area contributed by atoms with Crippen molar-refractivity contribution in [2.45, 2.75) is 17.7 Å². The number of benzene rings is 1. The first-order valence-corrected chi connectivity index (χ1v) is 10.3. The van der Waals surface area contributed by atoms with Gasteiger partial charge in [-0.05, 0) is 62.3 Å². The zero-order valence-electron chi connectivity index (χ0n) is 14.1. The maximum absolute atomic E-state index is 12.8. The van der Waals surface area contributed by atoms with Gasteiger partial charge in [0.15, 0.2) is 0 Å². The summed E-state index contributed by atoms with van der Waals surface area (Å²) in [5, 5.41) is 1.44. The molecule has 2 heterocycles.